The molecule has 1 aromatic rings. The lowest BCUT2D eigenvalue weighted by Crippen LogP contribution is -2.08. The van der Waals surface area contributed by atoms with Crippen molar-refractivity contribution >= 4 is 23.5 Å². The van der Waals surface area contributed by atoms with Crippen molar-refractivity contribution in [2.45, 2.75) is 17.4 Å². The Bertz CT molecular complexity index is 527. The fourth-order valence-electron chi connectivity index (χ4n) is 1.71. The first-order valence-corrected chi connectivity index (χ1v) is 7.39. The molecular weight excluding hydrogens is 296 g/mol. The van der Waals surface area contributed by atoms with E-state index in [1.54, 1.807) is 12.1 Å². The van der Waals surface area contributed by atoms with Crippen LogP contribution in [0.1, 0.15) is 17.7 Å². The molecule has 1 rings (SSSR count). The second kappa shape index (κ2) is 7.78. The Morgan fingerprint density at radius 2 is 1.60 bits per heavy atom. The van der Waals surface area contributed by atoms with Gasteiger partial charge in [-0.25, -0.2) is 0 Å². The van der Waals surface area contributed by atoms with E-state index in [0.29, 0.717) is 0 Å². The molecule has 1 aromatic carbocycles. The maximum atomic E-state index is 9.89. The largest absolute Gasteiger partial charge is 0.502 e. The summed E-state index contributed by atoms with van der Waals surface area (Å²) in [6, 6.07) is 3.31. The third-order valence-electron chi connectivity index (χ3n) is 2.68. The molecule has 0 aliphatic heterocycles. The summed E-state index contributed by atoms with van der Waals surface area (Å²) in [5.74, 6) is 0.467. The van der Waals surface area contributed by atoms with Gasteiger partial charge in [0, 0.05) is 5.25 Å². The molecule has 0 amide bonds. The number of phenolic OH excluding ortho intramolecular Hbond substituents is 1. The van der Waals surface area contributed by atoms with Gasteiger partial charge in [0.05, 0.1) is 19.5 Å². The maximum Gasteiger partial charge on any atom is 0.200 e. The van der Waals surface area contributed by atoms with Gasteiger partial charge in [0.1, 0.15) is 10.8 Å². The molecule has 0 radical (unpaired) electrons. The van der Waals surface area contributed by atoms with Gasteiger partial charge in [-0.05, 0) is 41.2 Å². The smallest absolute Gasteiger partial charge is 0.200 e. The minimum Gasteiger partial charge on any atom is -0.502 e. The fourth-order valence-corrected chi connectivity index (χ4v) is 3.07. The first kappa shape index (κ1) is 16.4. The highest BCUT2D eigenvalue weighted by Gasteiger charge is 2.24. The van der Waals surface area contributed by atoms with Crippen LogP contribution in [-0.4, -0.2) is 24.6 Å². The maximum absolute atomic E-state index is 9.89. The number of aromatic hydroxyl groups is 1. The molecule has 0 bridgehead atoms. The number of thioether (sulfide) groups is 2. The van der Waals surface area contributed by atoms with Crippen molar-refractivity contribution in [3.8, 4) is 28.1 Å². The number of rotatable bonds is 6. The lowest BCUT2D eigenvalue weighted by molar-refractivity contribution is 0.339. The van der Waals surface area contributed by atoms with E-state index in [-0.39, 0.29) is 27.7 Å². The quantitative estimate of drug-likeness (QED) is 0.807. The zero-order valence-corrected chi connectivity index (χ0v) is 12.9. The normalized spacial score (nSPS) is 12.8. The predicted octanol–water partition coefficient (Wildman–Crippen LogP) is 3.27. The fraction of sp³-hybridized carbons (Fsp3) is 0.385. The summed E-state index contributed by atoms with van der Waals surface area (Å²) < 4.78 is 10.2. The van der Waals surface area contributed by atoms with E-state index < -0.39 is 0 Å². The van der Waals surface area contributed by atoms with Crippen LogP contribution >= 0.6 is 23.5 Å². The Morgan fingerprint density at radius 3 is 2.00 bits per heavy atom. The molecule has 1 N–H and O–H groups in total. The Hall–Kier alpha value is -1.70. The van der Waals surface area contributed by atoms with Gasteiger partial charge in [0.2, 0.25) is 5.75 Å². The summed E-state index contributed by atoms with van der Waals surface area (Å²) in [7, 11) is 2.89. The van der Waals surface area contributed by atoms with Crippen LogP contribution in [0.2, 0.25) is 0 Å². The summed E-state index contributed by atoms with van der Waals surface area (Å²) in [5.41, 5.74) is 0.762. The van der Waals surface area contributed by atoms with Crippen molar-refractivity contribution in [3.63, 3.8) is 0 Å². The van der Waals surface area contributed by atoms with Crippen LogP contribution < -0.4 is 9.47 Å². The second-order valence-electron chi connectivity index (χ2n) is 3.82. The number of thiocyanates is 2. The van der Waals surface area contributed by atoms with Crippen molar-refractivity contribution in [2.24, 2.45) is 0 Å². The van der Waals surface area contributed by atoms with E-state index in [2.05, 4.69) is 0 Å². The van der Waals surface area contributed by atoms with Crippen LogP contribution in [0.3, 0.4) is 0 Å². The molecule has 0 heterocycles. The number of hydrogen-bond donors (Lipinski definition) is 1. The third kappa shape index (κ3) is 3.66. The van der Waals surface area contributed by atoms with Crippen LogP contribution in [0.15, 0.2) is 12.1 Å². The van der Waals surface area contributed by atoms with Gasteiger partial charge in [-0.15, -0.1) is 0 Å². The van der Waals surface area contributed by atoms with E-state index in [9.17, 15) is 5.11 Å². The summed E-state index contributed by atoms with van der Waals surface area (Å²) in [4.78, 5) is 0. The number of phenols is 1. The molecule has 0 saturated carbocycles. The van der Waals surface area contributed by atoms with E-state index in [0.717, 1.165) is 29.1 Å². The number of nitriles is 2. The van der Waals surface area contributed by atoms with Crippen molar-refractivity contribution < 1.29 is 14.6 Å². The molecule has 5 nitrogen and oxygen atoms in total. The molecule has 0 aliphatic rings. The first-order valence-electron chi connectivity index (χ1n) is 5.63. The van der Waals surface area contributed by atoms with Crippen LogP contribution in [-0.2, 0) is 0 Å². The molecule has 20 heavy (non-hydrogen) atoms. The highest BCUT2D eigenvalue weighted by molar-refractivity contribution is 8.07. The van der Waals surface area contributed by atoms with Gasteiger partial charge in [-0.3, -0.25) is 0 Å². The molecule has 7 heteroatoms. The predicted molar refractivity (Wildman–Crippen MR) is 79.8 cm³/mol. The lowest BCUT2D eigenvalue weighted by Gasteiger charge is -2.20. The van der Waals surface area contributed by atoms with Crippen LogP contribution in [0.4, 0.5) is 0 Å². The highest BCUT2D eigenvalue weighted by atomic mass is 32.2. The minimum atomic E-state index is -0.229. The number of benzene rings is 1. The topological polar surface area (TPSA) is 86.3 Å². The molecule has 2 unspecified atom stereocenters. The van der Waals surface area contributed by atoms with E-state index in [1.165, 1.54) is 14.2 Å². The molecule has 0 aromatic heterocycles. The van der Waals surface area contributed by atoms with Crippen molar-refractivity contribution in [1.82, 2.24) is 0 Å². The van der Waals surface area contributed by atoms with Gasteiger partial charge < -0.3 is 14.6 Å². The van der Waals surface area contributed by atoms with Gasteiger partial charge in [-0.2, -0.15) is 10.5 Å². The Morgan fingerprint density at radius 1 is 1.10 bits per heavy atom. The summed E-state index contributed by atoms with van der Waals surface area (Å²) >= 11 is 2.16. The molecule has 0 saturated heterocycles. The Balaban J connectivity index is 3.27. The molecule has 106 valence electrons. The molecular formula is C13H14N2O3S2. The van der Waals surface area contributed by atoms with Crippen molar-refractivity contribution in [1.29, 1.82) is 10.5 Å². The molecule has 2 atom stereocenters. The monoisotopic (exact) mass is 310 g/mol. The van der Waals surface area contributed by atoms with Crippen LogP contribution in [0, 0.1) is 21.3 Å². The molecule has 0 fully saturated rings. The minimum absolute atomic E-state index is 0.0833. The molecule has 0 aliphatic carbocycles. The van der Waals surface area contributed by atoms with E-state index in [4.69, 9.17) is 20.0 Å². The SMILES string of the molecule is COc1cc(C(SC#N)C(C)SC#N)cc(OC)c1O. The Kier molecular flexibility index (Phi) is 6.37. The van der Waals surface area contributed by atoms with Crippen molar-refractivity contribution in [2.75, 3.05) is 14.2 Å². The van der Waals surface area contributed by atoms with Gasteiger partial charge in [-0.1, -0.05) is 6.92 Å². The first-order chi connectivity index (χ1) is 9.58. The Labute approximate surface area is 126 Å². The number of ether oxygens (including phenoxy) is 2. The van der Waals surface area contributed by atoms with E-state index >= 15 is 0 Å². The van der Waals surface area contributed by atoms with Crippen LogP contribution in [0.25, 0.3) is 0 Å². The van der Waals surface area contributed by atoms with Gasteiger partial charge in [0.25, 0.3) is 0 Å². The zero-order chi connectivity index (χ0) is 15.1. The van der Waals surface area contributed by atoms with Crippen molar-refractivity contribution in [3.05, 3.63) is 17.7 Å². The summed E-state index contributed by atoms with van der Waals surface area (Å²) in [5, 5.41) is 31.3. The standard InChI is InChI=1S/C13H14N2O3S2/c1-8(19-6-14)13(20-7-15)9-4-10(17-2)12(16)11(5-9)18-3/h4-5,8,13,16H,1-3H3. The number of hydrogen-bond acceptors (Lipinski definition) is 7. The molecule has 0 spiro atoms. The van der Waals surface area contributed by atoms with E-state index in [1.807, 2.05) is 17.7 Å². The number of methoxy groups -OCH3 is 2. The average molecular weight is 310 g/mol. The highest BCUT2D eigenvalue weighted by Crippen LogP contribution is 2.44. The third-order valence-corrected chi connectivity index (χ3v) is 4.64. The average Bonchev–Trinajstić information content (AvgIpc) is 2.45. The summed E-state index contributed by atoms with van der Waals surface area (Å²) in [6.45, 7) is 1.87. The zero-order valence-electron chi connectivity index (χ0n) is 11.3. The van der Waals surface area contributed by atoms with Gasteiger partial charge in [0.15, 0.2) is 11.5 Å². The van der Waals surface area contributed by atoms with Gasteiger partial charge >= 0.3 is 0 Å². The second-order valence-corrected chi connectivity index (χ2v) is 5.91. The van der Waals surface area contributed by atoms with Crippen LogP contribution in [0.5, 0.6) is 17.2 Å². The lowest BCUT2D eigenvalue weighted by atomic mass is 10.1. The number of nitrogens with zero attached hydrogens (tertiary/aromatic N) is 2. The summed E-state index contributed by atoms with van der Waals surface area (Å²) in [6.07, 6.45) is 0.